The van der Waals surface area contributed by atoms with Gasteiger partial charge in [-0.2, -0.15) is 5.26 Å². The second-order valence-corrected chi connectivity index (χ2v) is 1.90. The zero-order valence-corrected chi connectivity index (χ0v) is 5.65. The van der Waals surface area contributed by atoms with Crippen molar-refractivity contribution in [2.75, 3.05) is 0 Å². The summed E-state index contributed by atoms with van der Waals surface area (Å²) in [6.07, 6.45) is 3.03. The molecule has 0 aromatic heterocycles. The summed E-state index contributed by atoms with van der Waals surface area (Å²) < 4.78 is 0. The van der Waals surface area contributed by atoms with E-state index in [4.69, 9.17) is 16.9 Å². The van der Waals surface area contributed by atoms with Crippen molar-refractivity contribution in [3.63, 3.8) is 0 Å². The van der Waals surface area contributed by atoms with Gasteiger partial charge in [-0.15, -0.1) is 0 Å². The van der Waals surface area contributed by atoms with Gasteiger partial charge >= 0.3 is 0 Å². The predicted molar refractivity (Wildman–Crippen MR) is 38.9 cm³/mol. The van der Waals surface area contributed by atoms with Crippen LogP contribution < -0.4 is 0 Å². The Hall–Kier alpha value is -1.00. The van der Waals surface area contributed by atoms with E-state index in [0.717, 1.165) is 0 Å². The first-order valence-electron chi connectivity index (χ1n) is 2.28. The lowest BCUT2D eigenvalue weighted by Crippen LogP contribution is -1.64. The third-order valence-corrected chi connectivity index (χ3v) is 0.735. The van der Waals surface area contributed by atoms with Gasteiger partial charge in [-0.05, 0) is 12.2 Å². The first-order valence-corrected chi connectivity index (χ1v) is 2.66. The highest BCUT2D eigenvalue weighted by atomic mass is 35.5. The van der Waals surface area contributed by atoms with Gasteiger partial charge < -0.3 is 0 Å². The first kappa shape index (κ1) is 8.00. The quantitative estimate of drug-likeness (QED) is 0.426. The van der Waals surface area contributed by atoms with Crippen molar-refractivity contribution in [1.82, 2.24) is 0 Å². The van der Waals surface area contributed by atoms with Gasteiger partial charge in [0.25, 0.3) is 0 Å². The third kappa shape index (κ3) is 4.86. The Bertz CT molecular complexity index is 195. The van der Waals surface area contributed by atoms with Gasteiger partial charge in [-0.1, -0.05) is 24.8 Å². The van der Waals surface area contributed by atoms with Crippen molar-refractivity contribution >= 4 is 11.6 Å². The SMILES string of the molecule is C=C(Cl)/C=C\C(=C)C#N. The van der Waals surface area contributed by atoms with Crippen molar-refractivity contribution in [3.8, 4) is 6.07 Å². The number of nitrogens with zero attached hydrogens (tertiary/aromatic N) is 1. The molecule has 0 aliphatic carbocycles. The van der Waals surface area contributed by atoms with Crippen LogP contribution in [0.3, 0.4) is 0 Å². The average Bonchev–Trinajstić information content (AvgIpc) is 1.83. The van der Waals surface area contributed by atoms with Gasteiger partial charge in [-0.3, -0.25) is 0 Å². The van der Waals surface area contributed by atoms with Gasteiger partial charge in [0.2, 0.25) is 0 Å². The molecule has 0 aromatic rings. The van der Waals surface area contributed by atoms with Crippen LogP contribution in [-0.4, -0.2) is 0 Å². The minimum absolute atomic E-state index is 0.372. The Morgan fingerprint density at radius 2 is 2.00 bits per heavy atom. The van der Waals surface area contributed by atoms with E-state index in [1.54, 1.807) is 0 Å². The molecule has 2 heteroatoms. The number of nitriles is 1. The molecule has 9 heavy (non-hydrogen) atoms. The number of halogens is 1. The van der Waals surface area contributed by atoms with Crippen molar-refractivity contribution in [3.05, 3.63) is 35.9 Å². The fourth-order valence-corrected chi connectivity index (χ4v) is 0.291. The van der Waals surface area contributed by atoms with Crippen LogP contribution in [0, 0.1) is 11.3 Å². The van der Waals surface area contributed by atoms with Crippen molar-refractivity contribution in [1.29, 1.82) is 5.26 Å². The van der Waals surface area contributed by atoms with E-state index in [-0.39, 0.29) is 0 Å². The van der Waals surface area contributed by atoms with Crippen LogP contribution in [0.2, 0.25) is 0 Å². The van der Waals surface area contributed by atoms with Crippen molar-refractivity contribution < 1.29 is 0 Å². The van der Waals surface area contributed by atoms with E-state index in [1.807, 2.05) is 6.07 Å². The molecule has 0 rings (SSSR count). The molecule has 1 nitrogen and oxygen atoms in total. The summed E-state index contributed by atoms with van der Waals surface area (Å²) in [4.78, 5) is 0. The summed E-state index contributed by atoms with van der Waals surface area (Å²) in [5, 5.41) is 8.57. The number of hydrogen-bond donors (Lipinski definition) is 0. The van der Waals surface area contributed by atoms with Gasteiger partial charge in [0, 0.05) is 10.6 Å². The Kier molecular flexibility index (Phi) is 3.50. The van der Waals surface area contributed by atoms with Gasteiger partial charge in [0.05, 0.1) is 6.07 Å². The summed E-state index contributed by atoms with van der Waals surface area (Å²) in [7, 11) is 0. The standard InChI is InChI=1S/C7H6ClN/c1-6(5-9)3-4-7(2)8/h3-4H,1-2H2/b4-3-. The summed E-state index contributed by atoms with van der Waals surface area (Å²) >= 11 is 5.35. The topological polar surface area (TPSA) is 23.8 Å². The number of rotatable bonds is 2. The molecule has 0 saturated heterocycles. The fraction of sp³-hybridized carbons (Fsp3) is 0. The van der Waals surface area contributed by atoms with Crippen LogP contribution >= 0.6 is 11.6 Å². The van der Waals surface area contributed by atoms with Crippen LogP contribution in [0.4, 0.5) is 0 Å². The van der Waals surface area contributed by atoms with Crippen molar-refractivity contribution in [2.45, 2.75) is 0 Å². The largest absolute Gasteiger partial charge is 0.192 e. The molecule has 0 radical (unpaired) electrons. The van der Waals surface area contributed by atoms with E-state index in [1.165, 1.54) is 12.2 Å². The molecule has 0 unspecified atom stereocenters. The van der Waals surface area contributed by atoms with Crippen molar-refractivity contribution in [2.24, 2.45) is 0 Å². The lowest BCUT2D eigenvalue weighted by molar-refractivity contribution is 1.51. The second-order valence-electron chi connectivity index (χ2n) is 1.42. The predicted octanol–water partition coefficient (Wildman–Crippen LogP) is 2.37. The molecule has 0 amide bonds. The van der Waals surface area contributed by atoms with E-state index in [9.17, 15) is 0 Å². The molecule has 0 saturated carbocycles. The maximum atomic E-state index is 8.17. The lowest BCUT2D eigenvalue weighted by atomic mass is 10.3. The molecular formula is C7H6ClN. The Morgan fingerprint density at radius 3 is 2.33 bits per heavy atom. The van der Waals surface area contributed by atoms with Gasteiger partial charge in [-0.25, -0.2) is 0 Å². The smallest absolute Gasteiger partial charge is 0.0985 e. The highest BCUT2D eigenvalue weighted by Crippen LogP contribution is 2.00. The third-order valence-electron chi connectivity index (χ3n) is 0.609. The van der Waals surface area contributed by atoms with Gasteiger partial charge in [0.15, 0.2) is 0 Å². The summed E-state index contributed by atoms with van der Waals surface area (Å²) in [6.45, 7) is 6.79. The molecule has 0 N–H and O–H groups in total. The van der Waals surface area contributed by atoms with Gasteiger partial charge in [0.1, 0.15) is 0 Å². The van der Waals surface area contributed by atoms with Crippen LogP contribution in [0.25, 0.3) is 0 Å². The van der Waals surface area contributed by atoms with E-state index in [0.29, 0.717) is 10.6 Å². The maximum absolute atomic E-state index is 8.17. The minimum Gasteiger partial charge on any atom is -0.192 e. The molecule has 0 spiro atoms. The monoisotopic (exact) mass is 139 g/mol. The lowest BCUT2D eigenvalue weighted by Gasteiger charge is -1.80. The maximum Gasteiger partial charge on any atom is 0.0985 e. The van der Waals surface area contributed by atoms with Crippen LogP contribution in [0.1, 0.15) is 0 Å². The molecule has 46 valence electrons. The van der Waals surface area contributed by atoms with Crippen LogP contribution in [0.15, 0.2) is 35.9 Å². The summed E-state index contributed by atoms with van der Waals surface area (Å²) in [6, 6.07) is 1.84. The molecule has 0 bridgehead atoms. The Labute approximate surface area is 59.6 Å². The summed E-state index contributed by atoms with van der Waals surface area (Å²) in [5.41, 5.74) is 0.372. The first-order chi connectivity index (χ1) is 4.16. The van der Waals surface area contributed by atoms with E-state index in [2.05, 4.69) is 13.2 Å². The zero-order valence-electron chi connectivity index (χ0n) is 4.89. The highest BCUT2D eigenvalue weighted by molar-refractivity contribution is 6.30. The molecular weight excluding hydrogens is 134 g/mol. The van der Waals surface area contributed by atoms with Crippen LogP contribution in [0.5, 0.6) is 0 Å². The Morgan fingerprint density at radius 1 is 1.44 bits per heavy atom. The molecule has 0 aliphatic heterocycles. The molecule has 0 fully saturated rings. The Balaban J connectivity index is 3.90. The molecule has 0 atom stereocenters. The number of allylic oxidation sites excluding steroid dienone is 4. The van der Waals surface area contributed by atoms with Crippen LogP contribution in [-0.2, 0) is 0 Å². The molecule has 0 aromatic carbocycles. The summed E-state index contributed by atoms with van der Waals surface area (Å²) in [5.74, 6) is 0. The minimum atomic E-state index is 0.372. The highest BCUT2D eigenvalue weighted by Gasteiger charge is 1.80. The van der Waals surface area contributed by atoms with E-state index >= 15 is 0 Å². The molecule has 0 heterocycles. The second kappa shape index (κ2) is 3.94. The van der Waals surface area contributed by atoms with E-state index < -0.39 is 0 Å². The molecule has 0 aliphatic rings. The average molecular weight is 140 g/mol. The normalized spacial score (nSPS) is 8.89. The zero-order chi connectivity index (χ0) is 7.28. The fourth-order valence-electron chi connectivity index (χ4n) is 0.228. The number of hydrogen-bond acceptors (Lipinski definition) is 1.